The van der Waals surface area contributed by atoms with Gasteiger partial charge in [-0.3, -0.25) is 14.5 Å². The summed E-state index contributed by atoms with van der Waals surface area (Å²) in [6, 6.07) is 4.88. The predicted octanol–water partition coefficient (Wildman–Crippen LogP) is 4.69. The Morgan fingerprint density at radius 1 is 1.11 bits per heavy atom. The molecule has 8 heteroatoms. The van der Waals surface area contributed by atoms with Crippen molar-refractivity contribution in [3.8, 4) is 0 Å². The highest BCUT2D eigenvalue weighted by Gasteiger charge is 2.51. The molecule has 0 aromatic heterocycles. The van der Waals surface area contributed by atoms with Gasteiger partial charge in [-0.15, -0.1) is 0 Å². The number of amides is 1. The zero-order valence-electron chi connectivity index (χ0n) is 14.1. The number of anilines is 1. The molecule has 0 bridgehead atoms. The summed E-state index contributed by atoms with van der Waals surface area (Å²) in [5.41, 5.74) is -0.598. The van der Waals surface area contributed by atoms with E-state index < -0.39 is 53.2 Å². The molecule has 1 amide bonds. The van der Waals surface area contributed by atoms with Crippen molar-refractivity contribution in [2.45, 2.75) is 32.0 Å². The largest absolute Gasteiger partial charge is 0.409 e. The van der Waals surface area contributed by atoms with Crippen LogP contribution in [0.15, 0.2) is 36.4 Å². The second-order valence-electron chi connectivity index (χ2n) is 6.17. The average Bonchev–Trinajstić information content (AvgIpc) is 2.63. The van der Waals surface area contributed by atoms with Gasteiger partial charge < -0.3 is 0 Å². The molecule has 0 fully saturated rings. The van der Waals surface area contributed by atoms with Crippen LogP contribution in [0.4, 0.5) is 27.6 Å². The lowest BCUT2D eigenvalue weighted by Gasteiger charge is -2.37. The van der Waals surface area contributed by atoms with Crippen LogP contribution < -0.4 is 4.90 Å². The van der Waals surface area contributed by atoms with Crippen molar-refractivity contribution in [2.75, 3.05) is 4.90 Å². The van der Waals surface area contributed by atoms with Gasteiger partial charge in [-0.25, -0.2) is 8.78 Å². The minimum absolute atomic E-state index is 0.0496. The zero-order chi connectivity index (χ0) is 19.9. The normalized spacial score (nSPS) is 17.0. The molecule has 142 valence electrons. The number of halogens is 5. The number of nitrogens with zero attached hydrogens (tertiary/aromatic N) is 1. The summed E-state index contributed by atoms with van der Waals surface area (Å²) in [4.78, 5) is 25.2. The molecule has 0 radical (unpaired) electrons. The van der Waals surface area contributed by atoms with Gasteiger partial charge in [0.2, 0.25) is 0 Å². The number of aryl methyl sites for hydroxylation is 1. The summed E-state index contributed by atoms with van der Waals surface area (Å²) in [7, 11) is 0. The molecule has 3 nitrogen and oxygen atoms in total. The Labute approximate surface area is 151 Å². The third-order valence-corrected chi connectivity index (χ3v) is 4.51. The highest BCUT2D eigenvalue weighted by molar-refractivity contribution is 6.14. The first kappa shape index (κ1) is 19.0. The minimum atomic E-state index is -4.92. The van der Waals surface area contributed by atoms with Crippen molar-refractivity contribution in [1.82, 2.24) is 0 Å². The SMILES string of the molecule is CCc1ccc(C(=O)N2c3ccc(F)c(F)c3C(=O)CC2C(F)(F)F)cc1. The van der Waals surface area contributed by atoms with E-state index in [0.717, 1.165) is 11.6 Å². The first-order valence-corrected chi connectivity index (χ1v) is 8.15. The van der Waals surface area contributed by atoms with Gasteiger partial charge in [-0.05, 0) is 36.2 Å². The van der Waals surface area contributed by atoms with Crippen LogP contribution in [0.1, 0.15) is 39.6 Å². The van der Waals surface area contributed by atoms with Crippen LogP contribution in [0, 0.1) is 11.6 Å². The number of hydrogen-bond acceptors (Lipinski definition) is 2. The second kappa shape index (κ2) is 6.75. The van der Waals surface area contributed by atoms with E-state index in [1.54, 1.807) is 12.1 Å². The first-order valence-electron chi connectivity index (χ1n) is 8.15. The van der Waals surface area contributed by atoms with Gasteiger partial charge in [0.15, 0.2) is 17.4 Å². The Balaban J connectivity index is 2.16. The predicted molar refractivity (Wildman–Crippen MR) is 87.8 cm³/mol. The highest BCUT2D eigenvalue weighted by atomic mass is 19.4. The number of ketones is 1. The number of fused-ring (bicyclic) bond motifs is 1. The molecule has 2 aromatic rings. The number of carbonyl (C=O) groups is 2. The Hall–Kier alpha value is -2.77. The molecule has 1 heterocycles. The molecule has 27 heavy (non-hydrogen) atoms. The summed E-state index contributed by atoms with van der Waals surface area (Å²) in [6.07, 6.45) is -5.42. The second-order valence-corrected chi connectivity index (χ2v) is 6.17. The lowest BCUT2D eigenvalue weighted by molar-refractivity contribution is -0.147. The maximum atomic E-state index is 14.1. The van der Waals surface area contributed by atoms with Crippen LogP contribution in [0.5, 0.6) is 0 Å². The maximum absolute atomic E-state index is 14.1. The quantitative estimate of drug-likeness (QED) is 0.706. The molecule has 1 atom stereocenters. The van der Waals surface area contributed by atoms with E-state index >= 15 is 0 Å². The number of rotatable bonds is 2. The molecule has 0 N–H and O–H groups in total. The van der Waals surface area contributed by atoms with Crippen molar-refractivity contribution < 1.29 is 31.5 Å². The Kier molecular flexibility index (Phi) is 4.75. The number of hydrogen-bond donors (Lipinski definition) is 0. The lowest BCUT2D eigenvalue weighted by Crippen LogP contribution is -2.53. The van der Waals surface area contributed by atoms with Crippen LogP contribution in [0.3, 0.4) is 0 Å². The number of benzene rings is 2. The molecule has 0 saturated heterocycles. The van der Waals surface area contributed by atoms with Crippen LogP contribution in [-0.2, 0) is 6.42 Å². The van der Waals surface area contributed by atoms with E-state index in [2.05, 4.69) is 0 Å². The van der Waals surface area contributed by atoms with Gasteiger partial charge in [-0.1, -0.05) is 19.1 Å². The number of carbonyl (C=O) groups excluding carboxylic acids is 2. The molecule has 3 rings (SSSR count). The third kappa shape index (κ3) is 3.31. The summed E-state index contributed by atoms with van der Waals surface area (Å²) >= 11 is 0. The average molecular weight is 383 g/mol. The monoisotopic (exact) mass is 383 g/mol. The van der Waals surface area contributed by atoms with Gasteiger partial charge in [0.05, 0.1) is 11.3 Å². The van der Waals surface area contributed by atoms with E-state index in [1.807, 2.05) is 6.92 Å². The molecule has 0 aliphatic carbocycles. The molecule has 1 aliphatic rings. The highest BCUT2D eigenvalue weighted by Crippen LogP contribution is 2.40. The van der Waals surface area contributed by atoms with Crippen molar-refractivity contribution in [3.63, 3.8) is 0 Å². The van der Waals surface area contributed by atoms with E-state index in [1.165, 1.54) is 12.1 Å². The van der Waals surface area contributed by atoms with Crippen molar-refractivity contribution in [2.24, 2.45) is 0 Å². The molecule has 1 aliphatic heterocycles. The van der Waals surface area contributed by atoms with Crippen molar-refractivity contribution in [1.29, 1.82) is 0 Å². The Morgan fingerprint density at radius 3 is 2.30 bits per heavy atom. The topological polar surface area (TPSA) is 37.4 Å². The van der Waals surface area contributed by atoms with Gasteiger partial charge >= 0.3 is 6.18 Å². The Bertz CT molecular complexity index is 906. The third-order valence-electron chi connectivity index (χ3n) is 4.51. The van der Waals surface area contributed by atoms with Gasteiger partial charge in [0, 0.05) is 12.0 Å². The molecule has 1 unspecified atom stereocenters. The van der Waals surface area contributed by atoms with E-state index in [4.69, 9.17) is 0 Å². The maximum Gasteiger partial charge on any atom is 0.409 e. The van der Waals surface area contributed by atoms with Crippen molar-refractivity contribution in [3.05, 3.63) is 64.7 Å². The molecule has 0 spiro atoms. The molecular formula is C19H14F5NO2. The van der Waals surface area contributed by atoms with Gasteiger partial charge in [0.25, 0.3) is 5.91 Å². The standard InChI is InChI=1S/C19H14F5NO2/c1-2-10-3-5-11(6-4-10)18(27)25-13-8-7-12(20)17(21)16(13)14(26)9-15(25)19(22,23)24/h3-8,15H,2,9H2,1H3. The van der Waals surface area contributed by atoms with E-state index in [-0.39, 0.29) is 5.56 Å². The fourth-order valence-electron chi connectivity index (χ4n) is 3.08. The van der Waals surface area contributed by atoms with Crippen molar-refractivity contribution >= 4 is 17.4 Å². The summed E-state index contributed by atoms with van der Waals surface area (Å²) in [5, 5.41) is 0. The van der Waals surface area contributed by atoms with E-state index in [0.29, 0.717) is 17.4 Å². The molecule has 2 aromatic carbocycles. The summed E-state index contributed by atoms with van der Waals surface area (Å²) in [5.74, 6) is -5.17. The van der Waals surface area contributed by atoms with Crippen LogP contribution in [-0.4, -0.2) is 23.9 Å². The van der Waals surface area contributed by atoms with Crippen LogP contribution in [0.2, 0.25) is 0 Å². The smallest absolute Gasteiger partial charge is 0.295 e. The fourth-order valence-corrected chi connectivity index (χ4v) is 3.08. The first-order chi connectivity index (χ1) is 12.6. The molecular weight excluding hydrogens is 369 g/mol. The Morgan fingerprint density at radius 2 is 1.74 bits per heavy atom. The molecule has 0 saturated carbocycles. The fraction of sp³-hybridized carbons (Fsp3) is 0.263. The lowest BCUT2D eigenvalue weighted by atomic mass is 9.92. The van der Waals surface area contributed by atoms with Gasteiger partial charge in [-0.2, -0.15) is 13.2 Å². The van der Waals surface area contributed by atoms with Crippen LogP contribution in [0.25, 0.3) is 0 Å². The van der Waals surface area contributed by atoms with E-state index in [9.17, 15) is 31.5 Å². The number of Topliss-reactive ketones (excluding diaryl/α,β-unsaturated/α-hetero) is 1. The number of alkyl halides is 3. The zero-order valence-corrected chi connectivity index (χ0v) is 14.1. The summed E-state index contributed by atoms with van der Waals surface area (Å²) in [6.45, 7) is 1.88. The van der Waals surface area contributed by atoms with Gasteiger partial charge in [0.1, 0.15) is 6.04 Å². The minimum Gasteiger partial charge on any atom is -0.295 e. The van der Waals surface area contributed by atoms with Crippen LogP contribution >= 0.6 is 0 Å². The summed E-state index contributed by atoms with van der Waals surface area (Å²) < 4.78 is 68.1.